The Balaban J connectivity index is 2.12. The van der Waals surface area contributed by atoms with E-state index in [1.165, 1.54) is 0 Å². The summed E-state index contributed by atoms with van der Waals surface area (Å²) < 4.78 is 0. The minimum Gasteiger partial charge on any atom is -0.289 e. The zero-order valence-electron chi connectivity index (χ0n) is 11.2. The normalized spacial score (nSPS) is 10.7. The highest BCUT2D eigenvalue weighted by Crippen LogP contribution is 2.23. The smallest absolute Gasteiger partial charge is 0.193 e. The summed E-state index contributed by atoms with van der Waals surface area (Å²) in [7, 11) is 0. The minimum atomic E-state index is 0.0812. The Morgan fingerprint density at radius 2 is 1.65 bits per heavy atom. The predicted molar refractivity (Wildman–Crippen MR) is 85.6 cm³/mol. The van der Waals surface area contributed by atoms with E-state index in [9.17, 15) is 4.79 Å². The van der Waals surface area contributed by atoms with Crippen LogP contribution >= 0.6 is 11.8 Å². The zero-order chi connectivity index (χ0) is 13.9. The molecule has 0 fully saturated rings. The number of fused-ring (bicyclic) bond motifs is 1. The molecule has 0 aromatic heterocycles. The van der Waals surface area contributed by atoms with Crippen LogP contribution in [0.2, 0.25) is 0 Å². The first-order valence-corrected chi connectivity index (χ1v) is 7.68. The van der Waals surface area contributed by atoms with E-state index in [1.54, 1.807) is 11.8 Å². The maximum atomic E-state index is 12.7. The van der Waals surface area contributed by atoms with Crippen LogP contribution in [0.4, 0.5) is 0 Å². The predicted octanol–water partition coefficient (Wildman–Crippen LogP) is 4.79. The number of rotatable bonds is 3. The standard InChI is InChI=1S/C18H14OS/c1-20-15-9-4-8-14(12-15)18(19)17-11-5-7-13-6-2-3-10-16(13)17/h2-12H,1H3. The summed E-state index contributed by atoms with van der Waals surface area (Å²) in [5, 5.41) is 2.11. The Morgan fingerprint density at radius 3 is 2.50 bits per heavy atom. The van der Waals surface area contributed by atoms with Gasteiger partial charge in [0.05, 0.1) is 0 Å². The molecule has 3 aromatic rings. The van der Waals surface area contributed by atoms with Gasteiger partial charge in [-0.25, -0.2) is 0 Å². The van der Waals surface area contributed by atoms with E-state index in [4.69, 9.17) is 0 Å². The first-order chi connectivity index (χ1) is 9.79. The lowest BCUT2D eigenvalue weighted by Gasteiger charge is -2.07. The molecule has 0 radical (unpaired) electrons. The molecule has 0 atom stereocenters. The van der Waals surface area contributed by atoms with Crippen molar-refractivity contribution in [3.05, 3.63) is 77.9 Å². The van der Waals surface area contributed by atoms with Crippen molar-refractivity contribution in [1.82, 2.24) is 0 Å². The van der Waals surface area contributed by atoms with Crippen molar-refractivity contribution in [3.8, 4) is 0 Å². The van der Waals surface area contributed by atoms with Crippen molar-refractivity contribution in [2.45, 2.75) is 4.90 Å². The average molecular weight is 278 g/mol. The summed E-state index contributed by atoms with van der Waals surface area (Å²) in [5.41, 5.74) is 1.51. The molecular weight excluding hydrogens is 264 g/mol. The van der Waals surface area contributed by atoms with Gasteiger partial charge < -0.3 is 0 Å². The van der Waals surface area contributed by atoms with Gasteiger partial charge in [0, 0.05) is 16.0 Å². The van der Waals surface area contributed by atoms with E-state index in [0.717, 1.165) is 26.8 Å². The fraction of sp³-hybridized carbons (Fsp3) is 0.0556. The largest absolute Gasteiger partial charge is 0.289 e. The number of hydrogen-bond acceptors (Lipinski definition) is 2. The molecule has 0 aliphatic heterocycles. The van der Waals surface area contributed by atoms with Gasteiger partial charge in [0.1, 0.15) is 0 Å². The van der Waals surface area contributed by atoms with E-state index < -0.39 is 0 Å². The van der Waals surface area contributed by atoms with E-state index in [0.29, 0.717) is 0 Å². The molecule has 0 heterocycles. The van der Waals surface area contributed by atoms with Gasteiger partial charge in [0.25, 0.3) is 0 Å². The number of carbonyl (C=O) groups is 1. The Labute approximate surface area is 122 Å². The quantitative estimate of drug-likeness (QED) is 0.506. The molecule has 0 saturated carbocycles. The first-order valence-electron chi connectivity index (χ1n) is 6.46. The molecule has 0 aliphatic carbocycles. The number of ketones is 1. The third-order valence-electron chi connectivity index (χ3n) is 3.37. The van der Waals surface area contributed by atoms with Crippen LogP contribution in [-0.4, -0.2) is 12.0 Å². The fourth-order valence-corrected chi connectivity index (χ4v) is 2.80. The van der Waals surface area contributed by atoms with Crippen LogP contribution < -0.4 is 0 Å². The Morgan fingerprint density at radius 1 is 0.900 bits per heavy atom. The van der Waals surface area contributed by atoms with Crippen LogP contribution in [-0.2, 0) is 0 Å². The topological polar surface area (TPSA) is 17.1 Å². The second-order valence-corrected chi connectivity index (χ2v) is 5.47. The second kappa shape index (κ2) is 5.51. The van der Waals surface area contributed by atoms with Gasteiger partial charge in [-0.1, -0.05) is 54.6 Å². The van der Waals surface area contributed by atoms with Crippen LogP contribution in [0.5, 0.6) is 0 Å². The van der Waals surface area contributed by atoms with Crippen LogP contribution in [0.1, 0.15) is 15.9 Å². The Hall–Kier alpha value is -2.06. The highest BCUT2D eigenvalue weighted by Gasteiger charge is 2.12. The molecule has 20 heavy (non-hydrogen) atoms. The lowest BCUT2D eigenvalue weighted by Crippen LogP contribution is -2.02. The molecule has 0 saturated heterocycles. The third kappa shape index (κ3) is 2.35. The number of hydrogen-bond donors (Lipinski definition) is 0. The molecule has 0 amide bonds. The summed E-state index contributed by atoms with van der Waals surface area (Å²) in [6, 6.07) is 21.6. The summed E-state index contributed by atoms with van der Waals surface area (Å²) in [6.45, 7) is 0. The Bertz CT molecular complexity index is 772. The number of thioether (sulfide) groups is 1. The summed E-state index contributed by atoms with van der Waals surface area (Å²) in [5.74, 6) is 0.0812. The maximum Gasteiger partial charge on any atom is 0.193 e. The Kier molecular flexibility index (Phi) is 3.57. The van der Waals surface area contributed by atoms with Crippen molar-refractivity contribution >= 4 is 28.3 Å². The van der Waals surface area contributed by atoms with Gasteiger partial charge in [-0.3, -0.25) is 4.79 Å². The van der Waals surface area contributed by atoms with Gasteiger partial charge in [0.2, 0.25) is 0 Å². The second-order valence-electron chi connectivity index (χ2n) is 4.59. The molecule has 0 bridgehead atoms. The zero-order valence-corrected chi connectivity index (χ0v) is 12.0. The SMILES string of the molecule is CSc1cccc(C(=O)c2cccc3ccccc23)c1. The lowest BCUT2D eigenvalue weighted by atomic mass is 9.97. The molecule has 2 heteroatoms. The third-order valence-corrected chi connectivity index (χ3v) is 4.09. The number of carbonyl (C=O) groups excluding carboxylic acids is 1. The molecule has 1 nitrogen and oxygen atoms in total. The fourth-order valence-electron chi connectivity index (χ4n) is 2.34. The molecule has 3 rings (SSSR count). The van der Waals surface area contributed by atoms with Gasteiger partial charge in [0.15, 0.2) is 5.78 Å². The van der Waals surface area contributed by atoms with Crippen molar-refractivity contribution in [3.63, 3.8) is 0 Å². The molecule has 98 valence electrons. The van der Waals surface area contributed by atoms with Gasteiger partial charge in [-0.2, -0.15) is 0 Å². The van der Waals surface area contributed by atoms with Gasteiger partial charge >= 0.3 is 0 Å². The van der Waals surface area contributed by atoms with E-state index in [1.807, 2.05) is 73.0 Å². The highest BCUT2D eigenvalue weighted by molar-refractivity contribution is 7.98. The van der Waals surface area contributed by atoms with Crippen molar-refractivity contribution < 1.29 is 4.79 Å². The van der Waals surface area contributed by atoms with Gasteiger partial charge in [-0.15, -0.1) is 11.8 Å². The number of benzene rings is 3. The van der Waals surface area contributed by atoms with Crippen LogP contribution in [0.3, 0.4) is 0 Å². The lowest BCUT2D eigenvalue weighted by molar-refractivity contribution is 0.104. The molecule has 0 spiro atoms. The van der Waals surface area contributed by atoms with E-state index >= 15 is 0 Å². The molecule has 0 aliphatic rings. The molecule has 0 N–H and O–H groups in total. The summed E-state index contributed by atoms with van der Waals surface area (Å²) >= 11 is 1.65. The molecule has 3 aromatic carbocycles. The van der Waals surface area contributed by atoms with Crippen molar-refractivity contribution in [2.75, 3.05) is 6.26 Å². The van der Waals surface area contributed by atoms with Crippen LogP contribution in [0.15, 0.2) is 71.6 Å². The first kappa shape index (κ1) is 12.9. The monoisotopic (exact) mass is 278 g/mol. The summed E-state index contributed by atoms with van der Waals surface area (Å²) in [4.78, 5) is 13.8. The minimum absolute atomic E-state index is 0.0812. The van der Waals surface area contributed by atoms with E-state index in [2.05, 4.69) is 0 Å². The molecule has 0 unspecified atom stereocenters. The summed E-state index contributed by atoms with van der Waals surface area (Å²) in [6.07, 6.45) is 2.02. The van der Waals surface area contributed by atoms with Gasteiger partial charge in [-0.05, 0) is 29.2 Å². The van der Waals surface area contributed by atoms with Crippen molar-refractivity contribution in [2.24, 2.45) is 0 Å². The van der Waals surface area contributed by atoms with Crippen LogP contribution in [0.25, 0.3) is 10.8 Å². The van der Waals surface area contributed by atoms with Crippen LogP contribution in [0, 0.1) is 0 Å². The van der Waals surface area contributed by atoms with E-state index in [-0.39, 0.29) is 5.78 Å². The molecular formula is C18H14OS. The average Bonchev–Trinajstić information content (AvgIpc) is 2.53. The van der Waals surface area contributed by atoms with Crippen molar-refractivity contribution in [1.29, 1.82) is 0 Å². The highest BCUT2D eigenvalue weighted by atomic mass is 32.2. The maximum absolute atomic E-state index is 12.7.